The fourth-order valence-electron chi connectivity index (χ4n) is 1.47. The summed E-state index contributed by atoms with van der Waals surface area (Å²) < 4.78 is 19.4. The molecule has 0 aromatic heterocycles. The van der Waals surface area contributed by atoms with Crippen LogP contribution in [0.2, 0.25) is 0 Å². The summed E-state index contributed by atoms with van der Waals surface area (Å²) in [4.78, 5) is 22.9. The molecule has 0 amide bonds. The first-order chi connectivity index (χ1) is 10.6. The summed E-state index contributed by atoms with van der Waals surface area (Å²) in [6.45, 7) is 0.938. The predicted octanol–water partition coefficient (Wildman–Crippen LogP) is 1.35. The molecule has 120 valence electrons. The molecule has 0 saturated carbocycles. The number of hydrogen-bond acceptors (Lipinski definition) is 7. The van der Waals surface area contributed by atoms with Crippen molar-refractivity contribution in [3.8, 4) is 5.75 Å². The van der Waals surface area contributed by atoms with E-state index in [1.807, 2.05) is 0 Å². The molecule has 1 N–H and O–H groups in total. The van der Waals surface area contributed by atoms with Gasteiger partial charge >= 0.3 is 11.9 Å². The Balaban J connectivity index is 2.75. The summed E-state index contributed by atoms with van der Waals surface area (Å²) in [5.41, 5.74) is 0.571. The van der Waals surface area contributed by atoms with Crippen molar-refractivity contribution in [2.45, 2.75) is 0 Å². The first-order valence-electron chi connectivity index (χ1n) is 6.47. The number of carbonyl (C=O) groups is 2. The Hall–Kier alpha value is -2.54. The Morgan fingerprint density at radius 3 is 2.27 bits per heavy atom. The number of carbonyl (C=O) groups excluding carboxylic acids is 2. The molecule has 0 saturated heterocycles. The van der Waals surface area contributed by atoms with Crippen LogP contribution < -0.4 is 10.1 Å². The lowest BCUT2D eigenvalue weighted by Crippen LogP contribution is -2.15. The number of rotatable bonds is 8. The number of anilines is 1. The number of benzene rings is 1. The minimum absolute atomic E-state index is 0.0256. The van der Waals surface area contributed by atoms with Crippen molar-refractivity contribution in [3.05, 3.63) is 36.0 Å². The lowest BCUT2D eigenvalue weighted by molar-refractivity contribution is -0.138. The van der Waals surface area contributed by atoms with Crippen LogP contribution in [0.15, 0.2) is 36.0 Å². The second-order valence-electron chi connectivity index (χ2n) is 4.06. The molecule has 7 heteroatoms. The fraction of sp³-hybridized carbons (Fsp3) is 0.333. The maximum Gasteiger partial charge on any atom is 0.354 e. The summed E-state index contributed by atoms with van der Waals surface area (Å²) >= 11 is 0. The molecule has 7 nitrogen and oxygen atoms in total. The monoisotopic (exact) mass is 309 g/mol. The van der Waals surface area contributed by atoms with Gasteiger partial charge in [-0.15, -0.1) is 0 Å². The molecule has 0 radical (unpaired) electrons. The summed E-state index contributed by atoms with van der Waals surface area (Å²) in [6, 6.07) is 6.86. The van der Waals surface area contributed by atoms with Gasteiger partial charge in [-0.05, 0) is 24.3 Å². The van der Waals surface area contributed by atoms with Gasteiger partial charge in [0.15, 0.2) is 0 Å². The third-order valence-corrected chi connectivity index (χ3v) is 2.56. The Labute approximate surface area is 128 Å². The van der Waals surface area contributed by atoms with Crippen molar-refractivity contribution in [3.63, 3.8) is 0 Å². The van der Waals surface area contributed by atoms with Crippen LogP contribution in [-0.4, -0.2) is 46.5 Å². The first kappa shape index (κ1) is 17.5. The lowest BCUT2D eigenvalue weighted by Gasteiger charge is -2.10. The van der Waals surface area contributed by atoms with E-state index in [-0.39, 0.29) is 5.70 Å². The average Bonchev–Trinajstić information content (AvgIpc) is 2.55. The molecular weight excluding hydrogens is 290 g/mol. The first-order valence-corrected chi connectivity index (χ1v) is 6.47. The fourth-order valence-corrected chi connectivity index (χ4v) is 1.47. The third-order valence-electron chi connectivity index (χ3n) is 2.56. The molecule has 0 heterocycles. The maximum atomic E-state index is 11.6. The third kappa shape index (κ3) is 5.84. The van der Waals surface area contributed by atoms with Gasteiger partial charge < -0.3 is 24.3 Å². The van der Waals surface area contributed by atoms with Crippen LogP contribution >= 0.6 is 0 Å². The molecule has 22 heavy (non-hydrogen) atoms. The SMILES string of the molecule is COCCOc1ccc(N/C(=C/C(=O)OC)C(=O)OC)cc1. The Kier molecular flexibility index (Phi) is 7.49. The molecule has 1 aromatic rings. The van der Waals surface area contributed by atoms with Crippen LogP contribution in [0.4, 0.5) is 5.69 Å². The maximum absolute atomic E-state index is 11.6. The number of esters is 2. The smallest absolute Gasteiger partial charge is 0.354 e. The van der Waals surface area contributed by atoms with Gasteiger partial charge in [-0.25, -0.2) is 9.59 Å². The standard InChI is InChI=1S/C15H19NO6/c1-19-8-9-22-12-6-4-11(5-7-12)16-13(15(18)21-3)10-14(17)20-2/h4-7,10,16H,8-9H2,1-3H3/b13-10+. The molecule has 0 aliphatic heterocycles. The van der Waals surface area contributed by atoms with Crippen LogP contribution in [0.5, 0.6) is 5.75 Å². The van der Waals surface area contributed by atoms with Crippen LogP contribution in [0, 0.1) is 0 Å². The Morgan fingerprint density at radius 2 is 1.73 bits per heavy atom. The van der Waals surface area contributed by atoms with Crippen LogP contribution in [-0.2, 0) is 23.8 Å². The summed E-state index contributed by atoms with van der Waals surface area (Å²) in [7, 11) is 4.04. The zero-order chi connectivity index (χ0) is 16.4. The van der Waals surface area contributed by atoms with Gasteiger partial charge in [-0.2, -0.15) is 0 Å². The minimum Gasteiger partial charge on any atom is -0.491 e. The Bertz CT molecular complexity index is 523. The van der Waals surface area contributed by atoms with Gasteiger partial charge in [-0.1, -0.05) is 0 Å². The number of hydrogen-bond donors (Lipinski definition) is 1. The van der Waals surface area contributed by atoms with E-state index in [1.165, 1.54) is 14.2 Å². The molecule has 0 fully saturated rings. The van der Waals surface area contributed by atoms with E-state index in [9.17, 15) is 9.59 Å². The molecule has 0 bridgehead atoms. The normalized spacial score (nSPS) is 10.8. The quantitative estimate of drug-likeness (QED) is 0.441. The van der Waals surface area contributed by atoms with E-state index in [2.05, 4.69) is 14.8 Å². The molecule has 0 aliphatic carbocycles. The second-order valence-corrected chi connectivity index (χ2v) is 4.06. The largest absolute Gasteiger partial charge is 0.491 e. The molecular formula is C15H19NO6. The molecule has 0 atom stereocenters. The van der Waals surface area contributed by atoms with Gasteiger partial charge in [-0.3, -0.25) is 0 Å². The highest BCUT2D eigenvalue weighted by atomic mass is 16.5. The van der Waals surface area contributed by atoms with Crippen molar-refractivity contribution in [2.24, 2.45) is 0 Å². The van der Waals surface area contributed by atoms with Gasteiger partial charge in [0.05, 0.1) is 26.9 Å². The van der Waals surface area contributed by atoms with E-state index in [1.54, 1.807) is 31.4 Å². The van der Waals surface area contributed by atoms with Crippen LogP contribution in [0.1, 0.15) is 0 Å². The number of nitrogens with one attached hydrogen (secondary N) is 1. The zero-order valence-electron chi connectivity index (χ0n) is 12.8. The van der Waals surface area contributed by atoms with Gasteiger partial charge in [0.1, 0.15) is 18.1 Å². The highest BCUT2D eigenvalue weighted by Gasteiger charge is 2.12. The summed E-state index contributed by atoms with van der Waals surface area (Å²) in [6.07, 6.45) is 1.02. The average molecular weight is 309 g/mol. The Morgan fingerprint density at radius 1 is 1.05 bits per heavy atom. The van der Waals surface area contributed by atoms with E-state index >= 15 is 0 Å². The molecule has 0 aliphatic rings. The van der Waals surface area contributed by atoms with Gasteiger partial charge in [0.2, 0.25) is 0 Å². The second kappa shape index (κ2) is 9.41. The van der Waals surface area contributed by atoms with E-state index in [0.29, 0.717) is 24.7 Å². The van der Waals surface area contributed by atoms with E-state index in [4.69, 9.17) is 9.47 Å². The zero-order valence-corrected chi connectivity index (χ0v) is 12.8. The van der Waals surface area contributed by atoms with Crippen LogP contribution in [0.25, 0.3) is 0 Å². The summed E-state index contributed by atoms with van der Waals surface area (Å²) in [5.74, 6) is -0.669. The predicted molar refractivity (Wildman–Crippen MR) is 79.6 cm³/mol. The lowest BCUT2D eigenvalue weighted by atomic mass is 10.3. The minimum atomic E-state index is -0.675. The van der Waals surface area contributed by atoms with E-state index in [0.717, 1.165) is 6.08 Å². The topological polar surface area (TPSA) is 83.1 Å². The van der Waals surface area contributed by atoms with Crippen molar-refractivity contribution >= 4 is 17.6 Å². The van der Waals surface area contributed by atoms with Gasteiger partial charge in [0, 0.05) is 12.8 Å². The number of ether oxygens (including phenoxy) is 4. The van der Waals surface area contributed by atoms with Crippen molar-refractivity contribution in [2.75, 3.05) is 39.9 Å². The van der Waals surface area contributed by atoms with Crippen molar-refractivity contribution < 1.29 is 28.5 Å². The summed E-state index contributed by atoms with van der Waals surface area (Å²) in [5, 5.41) is 2.79. The van der Waals surface area contributed by atoms with Crippen molar-refractivity contribution in [1.82, 2.24) is 0 Å². The number of methoxy groups -OCH3 is 3. The van der Waals surface area contributed by atoms with Crippen LogP contribution in [0.3, 0.4) is 0 Å². The van der Waals surface area contributed by atoms with E-state index < -0.39 is 11.9 Å². The molecule has 1 rings (SSSR count). The highest BCUT2D eigenvalue weighted by Crippen LogP contribution is 2.17. The van der Waals surface area contributed by atoms with Gasteiger partial charge in [0.25, 0.3) is 0 Å². The van der Waals surface area contributed by atoms with Crippen molar-refractivity contribution in [1.29, 1.82) is 0 Å². The molecule has 0 spiro atoms. The molecule has 0 unspecified atom stereocenters. The highest BCUT2D eigenvalue weighted by molar-refractivity contribution is 5.98. The molecule has 1 aromatic carbocycles.